The Hall–Kier alpha value is -1.33. The molecule has 1 fully saturated rings. The molecule has 0 unspecified atom stereocenters. The molecule has 0 spiro atoms. The van der Waals surface area contributed by atoms with Crippen LogP contribution in [0.2, 0.25) is 5.02 Å². The average molecular weight is 315 g/mol. The summed E-state index contributed by atoms with van der Waals surface area (Å²) >= 11 is 6.09. The van der Waals surface area contributed by atoms with Crippen LogP contribution in [0.15, 0.2) is 18.2 Å². The maximum absolute atomic E-state index is 13.1. The summed E-state index contributed by atoms with van der Waals surface area (Å²) in [5.74, 6) is -0.349. The van der Waals surface area contributed by atoms with Gasteiger partial charge in [-0.3, -0.25) is 4.90 Å². The van der Waals surface area contributed by atoms with Gasteiger partial charge in [0.05, 0.1) is 0 Å². The van der Waals surface area contributed by atoms with Crippen molar-refractivity contribution >= 4 is 17.7 Å². The second kappa shape index (κ2) is 6.62. The molecule has 1 aliphatic rings. The molecule has 1 N–H and O–H groups in total. The van der Waals surface area contributed by atoms with Gasteiger partial charge in [-0.05, 0) is 38.0 Å². The summed E-state index contributed by atoms with van der Waals surface area (Å²) in [5, 5.41) is 9.47. The molecule has 6 heteroatoms. The highest BCUT2D eigenvalue weighted by atomic mass is 35.5. The lowest BCUT2D eigenvalue weighted by Gasteiger charge is -2.32. The van der Waals surface area contributed by atoms with Gasteiger partial charge in [-0.25, -0.2) is 9.18 Å². The van der Waals surface area contributed by atoms with Crippen LogP contribution in [-0.2, 0) is 6.54 Å². The van der Waals surface area contributed by atoms with Gasteiger partial charge in [0, 0.05) is 36.7 Å². The van der Waals surface area contributed by atoms with Crippen LogP contribution in [0, 0.1) is 5.82 Å². The Labute approximate surface area is 129 Å². The summed E-state index contributed by atoms with van der Waals surface area (Å²) in [4.78, 5) is 14.7. The largest absolute Gasteiger partial charge is 0.465 e. The fraction of sp³-hybridized carbons (Fsp3) is 0.533. The zero-order chi connectivity index (χ0) is 15.6. The number of carboxylic acid groups (broad SMARTS) is 1. The van der Waals surface area contributed by atoms with Crippen molar-refractivity contribution in [3.63, 3.8) is 0 Å². The number of halogens is 2. The zero-order valence-electron chi connectivity index (χ0n) is 12.2. The molecular formula is C15H20ClFN2O2. The van der Waals surface area contributed by atoms with Crippen LogP contribution in [0.3, 0.4) is 0 Å². The molecule has 1 aliphatic heterocycles. The van der Waals surface area contributed by atoms with E-state index >= 15 is 0 Å². The lowest BCUT2D eigenvalue weighted by atomic mass is 10.1. The van der Waals surface area contributed by atoms with Gasteiger partial charge in [0.15, 0.2) is 0 Å². The number of benzene rings is 1. The van der Waals surface area contributed by atoms with E-state index in [-0.39, 0.29) is 17.9 Å². The van der Waals surface area contributed by atoms with E-state index in [0.29, 0.717) is 24.7 Å². The number of hydrogen-bond acceptors (Lipinski definition) is 2. The summed E-state index contributed by atoms with van der Waals surface area (Å²) in [6.45, 7) is 5.79. The van der Waals surface area contributed by atoms with Gasteiger partial charge in [-0.2, -0.15) is 0 Å². The van der Waals surface area contributed by atoms with Crippen LogP contribution in [0.4, 0.5) is 9.18 Å². The number of carbonyl (C=O) groups is 1. The zero-order valence-corrected chi connectivity index (χ0v) is 13.0. The summed E-state index contributed by atoms with van der Waals surface area (Å²) in [5.41, 5.74) is 0.862. The molecule has 21 heavy (non-hydrogen) atoms. The lowest BCUT2D eigenvalue weighted by Crippen LogP contribution is -2.42. The Balaban J connectivity index is 2.11. The van der Waals surface area contributed by atoms with Gasteiger partial charge < -0.3 is 10.0 Å². The van der Waals surface area contributed by atoms with Gasteiger partial charge in [0.1, 0.15) is 5.82 Å². The van der Waals surface area contributed by atoms with Crippen molar-refractivity contribution in [1.29, 1.82) is 0 Å². The molecule has 4 nitrogen and oxygen atoms in total. The number of amides is 1. The van der Waals surface area contributed by atoms with E-state index in [1.165, 1.54) is 17.0 Å². The van der Waals surface area contributed by atoms with Crippen molar-refractivity contribution in [2.24, 2.45) is 0 Å². The number of hydrogen-bond donors (Lipinski definition) is 1. The van der Waals surface area contributed by atoms with Crippen molar-refractivity contribution in [2.45, 2.75) is 38.9 Å². The standard InChI is InChI=1S/C15H20ClFN2O2/c1-10(2)19(13-5-6-18(9-13)15(20)21)8-11-3-4-12(17)7-14(11)16/h3-4,7,10,13H,5-6,8-9H2,1-2H3,(H,20,21)/t13-/m0/s1. The van der Waals surface area contributed by atoms with Crippen LogP contribution in [0.1, 0.15) is 25.8 Å². The second-order valence-corrected chi connectivity index (χ2v) is 6.08. The van der Waals surface area contributed by atoms with E-state index in [4.69, 9.17) is 16.7 Å². The second-order valence-electron chi connectivity index (χ2n) is 5.67. The van der Waals surface area contributed by atoms with Crippen molar-refractivity contribution < 1.29 is 14.3 Å². The quantitative estimate of drug-likeness (QED) is 0.926. The molecule has 1 aromatic rings. The summed E-state index contributed by atoms with van der Waals surface area (Å²) < 4.78 is 13.1. The van der Waals surface area contributed by atoms with Crippen molar-refractivity contribution in [3.8, 4) is 0 Å². The topological polar surface area (TPSA) is 43.8 Å². The molecule has 0 bridgehead atoms. The minimum atomic E-state index is -0.874. The van der Waals surface area contributed by atoms with Crippen LogP contribution >= 0.6 is 11.6 Å². The molecule has 1 amide bonds. The predicted octanol–water partition coefficient (Wildman–Crippen LogP) is 3.44. The van der Waals surface area contributed by atoms with E-state index in [2.05, 4.69) is 18.7 Å². The Morgan fingerprint density at radius 2 is 2.29 bits per heavy atom. The van der Waals surface area contributed by atoms with Gasteiger partial charge in [0.25, 0.3) is 0 Å². The monoisotopic (exact) mass is 314 g/mol. The molecule has 2 rings (SSSR count). The Bertz CT molecular complexity index is 524. The first kappa shape index (κ1) is 16.0. The SMILES string of the molecule is CC(C)N(Cc1ccc(F)cc1Cl)[C@H]1CCN(C(=O)O)C1. The normalized spacial score (nSPS) is 18.8. The first-order valence-electron chi connectivity index (χ1n) is 7.06. The predicted molar refractivity (Wildman–Crippen MR) is 80.1 cm³/mol. The van der Waals surface area contributed by atoms with Gasteiger partial charge in [-0.15, -0.1) is 0 Å². The minimum Gasteiger partial charge on any atom is -0.465 e. The van der Waals surface area contributed by atoms with Gasteiger partial charge >= 0.3 is 6.09 Å². The van der Waals surface area contributed by atoms with E-state index in [9.17, 15) is 9.18 Å². The highest BCUT2D eigenvalue weighted by molar-refractivity contribution is 6.31. The Morgan fingerprint density at radius 3 is 2.81 bits per heavy atom. The van der Waals surface area contributed by atoms with E-state index in [1.54, 1.807) is 6.07 Å². The molecule has 1 aromatic carbocycles. The third kappa shape index (κ3) is 3.86. The lowest BCUT2D eigenvalue weighted by molar-refractivity contribution is 0.130. The van der Waals surface area contributed by atoms with Crippen molar-refractivity contribution in [1.82, 2.24) is 9.80 Å². The molecular weight excluding hydrogens is 295 g/mol. The van der Waals surface area contributed by atoms with E-state index in [1.807, 2.05) is 0 Å². The molecule has 116 valence electrons. The Morgan fingerprint density at radius 1 is 1.57 bits per heavy atom. The maximum atomic E-state index is 13.1. The number of nitrogens with zero attached hydrogens (tertiary/aromatic N) is 2. The van der Waals surface area contributed by atoms with Crippen LogP contribution in [0.5, 0.6) is 0 Å². The summed E-state index contributed by atoms with van der Waals surface area (Å²) in [6, 6.07) is 4.83. The summed E-state index contributed by atoms with van der Waals surface area (Å²) in [6.07, 6.45) is -0.0652. The summed E-state index contributed by atoms with van der Waals surface area (Å²) in [7, 11) is 0. The van der Waals surface area contributed by atoms with E-state index < -0.39 is 6.09 Å². The average Bonchev–Trinajstić information content (AvgIpc) is 2.87. The smallest absolute Gasteiger partial charge is 0.407 e. The van der Waals surface area contributed by atoms with E-state index in [0.717, 1.165) is 12.0 Å². The fourth-order valence-electron chi connectivity index (χ4n) is 2.77. The minimum absolute atomic E-state index is 0.169. The first-order valence-corrected chi connectivity index (χ1v) is 7.44. The van der Waals surface area contributed by atoms with Gasteiger partial charge in [0.2, 0.25) is 0 Å². The van der Waals surface area contributed by atoms with Crippen LogP contribution in [0.25, 0.3) is 0 Å². The molecule has 1 atom stereocenters. The molecule has 1 saturated heterocycles. The fourth-order valence-corrected chi connectivity index (χ4v) is 2.99. The third-order valence-corrected chi connectivity index (χ3v) is 4.29. The van der Waals surface area contributed by atoms with Crippen LogP contribution < -0.4 is 0 Å². The molecule has 0 aromatic heterocycles. The highest BCUT2D eigenvalue weighted by Crippen LogP contribution is 2.24. The molecule has 0 saturated carbocycles. The van der Waals surface area contributed by atoms with Gasteiger partial charge in [-0.1, -0.05) is 17.7 Å². The highest BCUT2D eigenvalue weighted by Gasteiger charge is 2.31. The maximum Gasteiger partial charge on any atom is 0.407 e. The first-order chi connectivity index (χ1) is 9.88. The molecule has 0 radical (unpaired) electrons. The number of rotatable bonds is 4. The molecule has 0 aliphatic carbocycles. The van der Waals surface area contributed by atoms with Crippen molar-refractivity contribution in [2.75, 3.05) is 13.1 Å². The molecule has 1 heterocycles. The Kier molecular flexibility index (Phi) is 5.06. The van der Waals surface area contributed by atoms with Crippen LogP contribution in [-0.4, -0.2) is 46.2 Å². The third-order valence-electron chi connectivity index (χ3n) is 3.93. The number of likely N-dealkylation sites (tertiary alicyclic amines) is 1. The van der Waals surface area contributed by atoms with Crippen molar-refractivity contribution in [3.05, 3.63) is 34.6 Å².